The number of fused-ring (bicyclic) bond motifs is 4. The zero-order valence-electron chi connectivity index (χ0n) is 36.0. The smallest absolute Gasteiger partial charge is 0.204 e. The van der Waals surface area contributed by atoms with Gasteiger partial charge in [0, 0.05) is 47.9 Å². The van der Waals surface area contributed by atoms with Crippen LogP contribution in [-0.4, -0.2) is 83.3 Å². The van der Waals surface area contributed by atoms with Crippen LogP contribution in [0.3, 0.4) is 0 Å². The number of hydrogen-bond acceptors (Lipinski definition) is 12. The summed E-state index contributed by atoms with van der Waals surface area (Å²) in [6.07, 6.45) is 7.98. The Balaban J connectivity index is 2.03. The molecule has 4 aromatic rings. The lowest BCUT2D eigenvalue weighted by atomic mass is 9.84. The van der Waals surface area contributed by atoms with Crippen molar-refractivity contribution < 1.29 is 56.8 Å². The fourth-order valence-corrected chi connectivity index (χ4v) is 7.58. The Labute approximate surface area is 353 Å². The van der Waals surface area contributed by atoms with E-state index in [1.807, 2.05) is 24.3 Å². The normalized spacial score (nSPS) is 11.6. The molecule has 0 aliphatic heterocycles. The van der Waals surface area contributed by atoms with Crippen molar-refractivity contribution in [1.29, 1.82) is 0 Å². The van der Waals surface area contributed by atoms with E-state index in [0.29, 0.717) is 94.7 Å². The van der Waals surface area contributed by atoms with Crippen molar-refractivity contribution >= 4 is 0 Å². The monoisotopic (exact) mass is 824 g/mol. The highest BCUT2D eigenvalue weighted by atomic mass is 16.6. The Morgan fingerprint density at radius 3 is 0.683 bits per heavy atom. The topological polar surface area (TPSA) is 111 Å². The molecule has 0 N–H and O–H groups in total. The standard InChI is InChI=1S/C48H56O12/c1-13-17-57-45-37(49-5)25-29-22-34-31(27-39(51-7)47(42(34)54-10)59-19-15-3)24-36-32(28-40(52-8)48(44(36)56-12)60-20-16-4)23-35-30(21-33(29)41(45)53-9)26-38(50-6)46(43(35)55-11)58-18-14-2/h13-16,25-28H,1-4,17-24H2,5-12H3. The van der Waals surface area contributed by atoms with E-state index in [4.69, 9.17) is 56.8 Å². The van der Waals surface area contributed by atoms with Crippen LogP contribution in [0.4, 0.5) is 0 Å². The van der Waals surface area contributed by atoms with Gasteiger partial charge in [-0.3, -0.25) is 0 Å². The fraction of sp³-hybridized carbons (Fsp3) is 0.333. The average molecular weight is 825 g/mol. The van der Waals surface area contributed by atoms with Gasteiger partial charge in [0.05, 0.1) is 56.9 Å². The van der Waals surface area contributed by atoms with Gasteiger partial charge in [-0.2, -0.15) is 0 Å². The summed E-state index contributed by atoms with van der Waals surface area (Å²) in [5.74, 6) is 5.59. The van der Waals surface area contributed by atoms with Crippen LogP contribution in [-0.2, 0) is 25.7 Å². The third-order valence-corrected chi connectivity index (χ3v) is 10.1. The number of methoxy groups -OCH3 is 8. The van der Waals surface area contributed by atoms with Gasteiger partial charge in [0.25, 0.3) is 0 Å². The molecule has 0 spiro atoms. The van der Waals surface area contributed by atoms with Crippen molar-refractivity contribution in [3.8, 4) is 69.0 Å². The quantitative estimate of drug-likeness (QED) is 0.0701. The Hall–Kier alpha value is -6.56. The first-order valence-corrected chi connectivity index (χ1v) is 19.3. The molecule has 60 heavy (non-hydrogen) atoms. The van der Waals surface area contributed by atoms with Gasteiger partial charge >= 0.3 is 0 Å². The first-order chi connectivity index (χ1) is 29.2. The molecule has 5 rings (SSSR count). The van der Waals surface area contributed by atoms with Crippen LogP contribution in [0.5, 0.6) is 69.0 Å². The molecule has 0 atom stereocenters. The van der Waals surface area contributed by atoms with Crippen molar-refractivity contribution in [3.63, 3.8) is 0 Å². The highest BCUT2D eigenvalue weighted by molar-refractivity contribution is 5.69. The van der Waals surface area contributed by atoms with Crippen LogP contribution in [0.2, 0.25) is 0 Å². The zero-order valence-corrected chi connectivity index (χ0v) is 36.0. The Morgan fingerprint density at radius 1 is 0.333 bits per heavy atom. The van der Waals surface area contributed by atoms with Gasteiger partial charge in [-0.15, -0.1) is 0 Å². The summed E-state index contributed by atoms with van der Waals surface area (Å²) >= 11 is 0. The van der Waals surface area contributed by atoms with Gasteiger partial charge in [0.1, 0.15) is 26.4 Å². The van der Waals surface area contributed by atoms with Gasteiger partial charge in [0.15, 0.2) is 46.0 Å². The van der Waals surface area contributed by atoms with Crippen LogP contribution >= 0.6 is 0 Å². The average Bonchev–Trinajstić information content (AvgIpc) is 3.27. The largest absolute Gasteiger partial charge is 0.493 e. The molecule has 0 fully saturated rings. The maximum atomic E-state index is 6.26. The second-order valence-electron chi connectivity index (χ2n) is 13.4. The van der Waals surface area contributed by atoms with E-state index >= 15 is 0 Å². The minimum Gasteiger partial charge on any atom is -0.493 e. The lowest BCUT2D eigenvalue weighted by Gasteiger charge is -2.27. The SMILES string of the molecule is C=CCOc1c(OC)cc2c(c1OC)Cc1cc(OC)c(OCC=C)c(OC)c1Cc1cc(OC)c(OCC=C)c(OC)c1Cc1cc(OC)c(OCC=C)c(OC)c1C2. The van der Waals surface area contributed by atoms with Crippen molar-refractivity contribution in [1.82, 2.24) is 0 Å². The minimum absolute atomic E-state index is 0.215. The summed E-state index contributed by atoms with van der Waals surface area (Å²) in [5.41, 5.74) is 6.75. The predicted molar refractivity (Wildman–Crippen MR) is 232 cm³/mol. The summed E-state index contributed by atoms with van der Waals surface area (Å²) < 4.78 is 74.0. The van der Waals surface area contributed by atoms with E-state index < -0.39 is 0 Å². The molecule has 0 unspecified atom stereocenters. The van der Waals surface area contributed by atoms with Gasteiger partial charge in [-0.1, -0.05) is 50.6 Å². The number of ether oxygens (including phenoxy) is 12. The zero-order chi connectivity index (χ0) is 43.3. The van der Waals surface area contributed by atoms with E-state index in [0.717, 1.165) is 44.5 Å². The molecular formula is C48H56O12. The van der Waals surface area contributed by atoms with Crippen molar-refractivity contribution in [2.45, 2.75) is 25.7 Å². The summed E-state index contributed by atoms with van der Waals surface area (Å²) in [6, 6.07) is 7.87. The van der Waals surface area contributed by atoms with E-state index in [2.05, 4.69) is 26.3 Å². The van der Waals surface area contributed by atoms with Gasteiger partial charge in [-0.05, 0) is 46.5 Å². The minimum atomic E-state index is 0.215. The second-order valence-corrected chi connectivity index (χ2v) is 13.4. The number of benzene rings is 4. The first kappa shape index (κ1) is 44.5. The lowest BCUT2D eigenvalue weighted by Crippen LogP contribution is -2.14. The van der Waals surface area contributed by atoms with Gasteiger partial charge in [-0.25, -0.2) is 0 Å². The first-order valence-electron chi connectivity index (χ1n) is 19.3. The fourth-order valence-electron chi connectivity index (χ4n) is 7.58. The summed E-state index contributed by atoms with van der Waals surface area (Å²) in [5, 5.41) is 0. The van der Waals surface area contributed by atoms with E-state index in [1.165, 1.54) is 0 Å². The Bertz CT molecular complexity index is 1900. The molecule has 1 aliphatic carbocycles. The van der Waals surface area contributed by atoms with Crippen LogP contribution in [0.25, 0.3) is 0 Å². The summed E-state index contributed by atoms with van der Waals surface area (Å²) in [4.78, 5) is 0. The molecule has 320 valence electrons. The summed E-state index contributed by atoms with van der Waals surface area (Å²) in [7, 11) is 12.8. The third kappa shape index (κ3) is 8.87. The van der Waals surface area contributed by atoms with Crippen molar-refractivity contribution in [3.05, 3.63) is 119 Å². The second kappa shape index (κ2) is 20.9. The molecule has 0 aromatic heterocycles. The molecule has 0 amide bonds. The molecule has 0 heterocycles. The highest BCUT2D eigenvalue weighted by Gasteiger charge is 2.32. The molecule has 12 heteroatoms. The molecule has 0 saturated heterocycles. The number of rotatable bonds is 20. The Morgan fingerprint density at radius 2 is 0.533 bits per heavy atom. The maximum Gasteiger partial charge on any atom is 0.204 e. The van der Waals surface area contributed by atoms with Crippen LogP contribution < -0.4 is 56.8 Å². The van der Waals surface area contributed by atoms with E-state index in [9.17, 15) is 0 Å². The summed E-state index contributed by atoms with van der Waals surface area (Å²) in [6.45, 7) is 16.3. The van der Waals surface area contributed by atoms with Crippen LogP contribution in [0.1, 0.15) is 44.5 Å². The maximum absolute atomic E-state index is 6.26. The highest BCUT2D eigenvalue weighted by Crippen LogP contribution is 2.52. The van der Waals surface area contributed by atoms with E-state index in [-0.39, 0.29) is 26.4 Å². The molecule has 4 aromatic carbocycles. The van der Waals surface area contributed by atoms with Gasteiger partial charge < -0.3 is 56.8 Å². The van der Waals surface area contributed by atoms with Crippen LogP contribution in [0.15, 0.2) is 74.9 Å². The predicted octanol–water partition coefficient (Wildman–Crippen LogP) is 8.69. The molecule has 12 nitrogen and oxygen atoms in total. The van der Waals surface area contributed by atoms with Crippen molar-refractivity contribution in [2.24, 2.45) is 0 Å². The molecular weight excluding hydrogens is 769 g/mol. The molecule has 1 aliphatic rings. The van der Waals surface area contributed by atoms with Gasteiger partial charge in [0.2, 0.25) is 23.0 Å². The van der Waals surface area contributed by atoms with E-state index in [1.54, 1.807) is 81.2 Å². The lowest BCUT2D eigenvalue weighted by molar-refractivity contribution is 0.296. The van der Waals surface area contributed by atoms with Crippen molar-refractivity contribution in [2.75, 3.05) is 83.3 Å². The third-order valence-electron chi connectivity index (χ3n) is 10.1. The Kier molecular flexibility index (Phi) is 15.5. The molecule has 0 saturated carbocycles. The molecule has 0 bridgehead atoms. The van der Waals surface area contributed by atoms with Crippen LogP contribution in [0, 0.1) is 0 Å². The number of hydrogen-bond donors (Lipinski definition) is 0. The molecule has 0 radical (unpaired) electrons.